The number of benzene rings is 4. The molecule has 0 amide bonds. The number of alkyl halides is 9. The second-order valence-corrected chi connectivity index (χ2v) is 13.6. The van der Waals surface area contributed by atoms with E-state index in [9.17, 15) is 57.3 Å². The third-order valence-electron chi connectivity index (χ3n) is 6.73. The summed E-state index contributed by atoms with van der Waals surface area (Å²) in [6.45, 7) is 4.19. The second-order valence-electron chi connectivity index (χ2n) is 10.1. The van der Waals surface area contributed by atoms with Crippen LogP contribution in [0.25, 0.3) is 21.9 Å². The summed E-state index contributed by atoms with van der Waals surface area (Å²) in [6, 6.07) is 30.8. The highest BCUT2D eigenvalue weighted by atomic mass is 32.2. The van der Waals surface area contributed by atoms with Gasteiger partial charge in [0, 0.05) is 6.07 Å². The summed E-state index contributed by atoms with van der Waals surface area (Å²) in [4.78, 5) is 16.7. The van der Waals surface area contributed by atoms with Crippen LogP contribution in [0.1, 0.15) is 11.1 Å². The van der Waals surface area contributed by atoms with Gasteiger partial charge in [-0.2, -0.15) is 39.5 Å². The minimum absolute atomic E-state index is 0.0186. The summed E-state index contributed by atoms with van der Waals surface area (Å²) in [7, 11) is -7.73. The molecule has 0 radical (unpaired) electrons. The standard InChI is InChI=1S/C27H21O2S.C4HF9O3S/c1-18-7-11-20(12-8-18)30(21-13-9-19(2)10-14-21)22-15-16-26-24(17-22)27(28)23-5-3-4-6-25(23)29-26;5-1(6,3(9,10)11)2(7,8)4(12,13)17(14,15)16/h3-17H,1-2H3;(H,14,15,16)/q+1;/p-1. The number of para-hydroxylation sites is 1. The Kier molecular flexibility index (Phi) is 9.56. The molecule has 4 aromatic carbocycles. The number of hydrogen-bond donors (Lipinski definition) is 0. The molecule has 0 fully saturated rings. The maximum atomic E-state index is 13.2. The second kappa shape index (κ2) is 12.5. The summed E-state index contributed by atoms with van der Waals surface area (Å²) in [5, 5.41) is -5.87. The van der Waals surface area contributed by atoms with Crippen molar-refractivity contribution in [3.63, 3.8) is 0 Å². The van der Waals surface area contributed by atoms with Gasteiger partial charge in [-0.1, -0.05) is 47.5 Å². The number of aryl methyl sites for hydroxylation is 2. The third kappa shape index (κ3) is 6.71. The van der Waals surface area contributed by atoms with E-state index in [4.69, 9.17) is 4.42 Å². The van der Waals surface area contributed by atoms with Gasteiger partial charge in [0.1, 0.15) is 11.2 Å². The molecule has 1 aromatic heterocycles. The molecule has 250 valence electrons. The summed E-state index contributed by atoms with van der Waals surface area (Å²) >= 11 is 0. The molecule has 0 saturated heterocycles. The third-order valence-corrected chi connectivity index (χ3v) is 9.82. The largest absolute Gasteiger partial charge is 0.743 e. The van der Waals surface area contributed by atoms with Crippen molar-refractivity contribution in [3.05, 3.63) is 112 Å². The normalized spacial score (nSPS) is 13.1. The van der Waals surface area contributed by atoms with Crippen molar-refractivity contribution in [1.29, 1.82) is 0 Å². The number of halogens is 9. The molecule has 0 atom stereocenters. The molecule has 0 aliphatic heterocycles. The van der Waals surface area contributed by atoms with E-state index in [1.54, 1.807) is 0 Å². The number of hydrogen-bond acceptors (Lipinski definition) is 5. The molecule has 1 heterocycles. The van der Waals surface area contributed by atoms with Gasteiger partial charge >= 0.3 is 23.3 Å². The number of rotatable bonds is 6. The first-order chi connectivity index (χ1) is 21.6. The Labute approximate surface area is 263 Å². The molecule has 0 spiro atoms. The van der Waals surface area contributed by atoms with Gasteiger partial charge in [-0.3, -0.25) is 4.79 Å². The van der Waals surface area contributed by atoms with E-state index in [2.05, 4.69) is 68.4 Å². The van der Waals surface area contributed by atoms with Crippen LogP contribution in [0.15, 0.2) is 115 Å². The van der Waals surface area contributed by atoms with Gasteiger partial charge in [0.05, 0.1) is 21.7 Å². The number of fused-ring (bicyclic) bond motifs is 2. The Balaban J connectivity index is 0.000000253. The van der Waals surface area contributed by atoms with E-state index >= 15 is 0 Å². The van der Waals surface area contributed by atoms with Crippen LogP contribution < -0.4 is 5.43 Å². The van der Waals surface area contributed by atoms with Gasteiger partial charge < -0.3 is 8.97 Å². The zero-order chi connectivity index (χ0) is 35.2. The van der Waals surface area contributed by atoms with Crippen LogP contribution >= 0.6 is 0 Å². The van der Waals surface area contributed by atoms with E-state index in [1.165, 1.54) is 20.9 Å². The Morgan fingerprint density at radius 3 is 1.53 bits per heavy atom. The minimum Gasteiger partial charge on any atom is -0.743 e. The molecule has 5 aromatic rings. The lowest BCUT2D eigenvalue weighted by Crippen LogP contribution is -2.63. The summed E-state index contributed by atoms with van der Waals surface area (Å²) in [5.41, 5.74) is 3.73. The van der Waals surface area contributed by atoms with Crippen LogP contribution in [0.2, 0.25) is 0 Å². The monoisotopic (exact) mass is 708 g/mol. The zero-order valence-electron chi connectivity index (χ0n) is 23.9. The van der Waals surface area contributed by atoms with E-state index < -0.39 is 33.4 Å². The highest BCUT2D eigenvalue weighted by molar-refractivity contribution is 7.97. The van der Waals surface area contributed by atoms with E-state index in [1.807, 2.05) is 36.4 Å². The van der Waals surface area contributed by atoms with Crippen LogP contribution in [-0.4, -0.2) is 36.2 Å². The van der Waals surface area contributed by atoms with Crippen LogP contribution in [0, 0.1) is 13.8 Å². The Morgan fingerprint density at radius 1 is 0.617 bits per heavy atom. The van der Waals surface area contributed by atoms with Gasteiger partial charge in [-0.15, -0.1) is 0 Å². The molecule has 16 heteroatoms. The van der Waals surface area contributed by atoms with Crippen molar-refractivity contribution in [1.82, 2.24) is 0 Å². The van der Waals surface area contributed by atoms with Crippen LogP contribution in [0.3, 0.4) is 0 Å². The van der Waals surface area contributed by atoms with Gasteiger partial charge in [0.25, 0.3) is 0 Å². The smallest absolute Gasteiger partial charge is 0.460 e. The van der Waals surface area contributed by atoms with E-state index in [0.29, 0.717) is 21.9 Å². The maximum Gasteiger partial charge on any atom is 0.460 e. The van der Waals surface area contributed by atoms with Gasteiger partial charge in [-0.05, 0) is 62.4 Å². The fourth-order valence-electron chi connectivity index (χ4n) is 4.18. The van der Waals surface area contributed by atoms with Gasteiger partial charge in [0.15, 0.2) is 24.8 Å². The first kappa shape index (κ1) is 35.8. The van der Waals surface area contributed by atoms with Crippen LogP contribution in [0.5, 0.6) is 0 Å². The summed E-state index contributed by atoms with van der Waals surface area (Å²) in [6.07, 6.45) is -7.16. The topological polar surface area (TPSA) is 87.4 Å². The van der Waals surface area contributed by atoms with Gasteiger partial charge in [0.2, 0.25) is 5.43 Å². The Bertz CT molecular complexity index is 2030. The van der Waals surface area contributed by atoms with Gasteiger partial charge in [-0.25, -0.2) is 8.42 Å². The molecule has 0 N–H and O–H groups in total. The summed E-state index contributed by atoms with van der Waals surface area (Å²) in [5.74, 6) is -14.8. The maximum absolute atomic E-state index is 13.2. The fraction of sp³-hybridized carbons (Fsp3) is 0.194. The summed E-state index contributed by atoms with van der Waals surface area (Å²) < 4.78 is 141. The fourth-order valence-corrected chi connectivity index (χ4v) is 6.70. The first-order valence-electron chi connectivity index (χ1n) is 13.1. The lowest BCUT2D eigenvalue weighted by Gasteiger charge is -2.34. The highest BCUT2D eigenvalue weighted by Gasteiger charge is 2.83. The van der Waals surface area contributed by atoms with Crippen molar-refractivity contribution < 1.29 is 56.9 Å². The molecule has 0 saturated carbocycles. The highest BCUT2D eigenvalue weighted by Crippen LogP contribution is 2.54. The first-order valence-corrected chi connectivity index (χ1v) is 15.7. The molecule has 47 heavy (non-hydrogen) atoms. The lowest BCUT2D eigenvalue weighted by atomic mass is 10.1. The molecule has 0 bridgehead atoms. The molecule has 0 unspecified atom stereocenters. The van der Waals surface area contributed by atoms with Crippen LogP contribution in [-0.2, 0) is 21.0 Å². The Hall–Kier alpha value is -4.02. The van der Waals surface area contributed by atoms with Crippen molar-refractivity contribution >= 4 is 43.0 Å². The molecular weight excluding hydrogens is 687 g/mol. The predicted octanol–water partition coefficient (Wildman–Crippen LogP) is 8.62. The quantitative estimate of drug-likeness (QED) is 0.0763. The molecule has 0 aliphatic carbocycles. The van der Waals surface area contributed by atoms with Crippen molar-refractivity contribution in [3.8, 4) is 0 Å². The molecular formula is C31H21F9O5S2. The van der Waals surface area contributed by atoms with Crippen molar-refractivity contribution in [2.24, 2.45) is 0 Å². The zero-order valence-corrected chi connectivity index (χ0v) is 25.6. The average Bonchev–Trinajstić information content (AvgIpc) is 2.98. The van der Waals surface area contributed by atoms with E-state index in [-0.39, 0.29) is 16.3 Å². The minimum atomic E-state index is -7.43. The van der Waals surface area contributed by atoms with Crippen molar-refractivity contribution in [2.75, 3.05) is 0 Å². The van der Waals surface area contributed by atoms with E-state index in [0.717, 1.165) is 4.90 Å². The average molecular weight is 709 g/mol. The molecule has 5 nitrogen and oxygen atoms in total. The van der Waals surface area contributed by atoms with Crippen LogP contribution in [0.4, 0.5) is 39.5 Å². The van der Waals surface area contributed by atoms with Crippen molar-refractivity contribution in [2.45, 2.75) is 51.8 Å². The predicted molar refractivity (Wildman–Crippen MR) is 155 cm³/mol. The SMILES string of the molecule is Cc1ccc([S+](c2ccc(C)cc2)c2ccc3oc4ccccc4c(=O)c3c2)cc1.O=S(=O)([O-])C(F)(F)C(F)(F)C(F)(F)C(F)(F)F. The Morgan fingerprint density at radius 2 is 1.06 bits per heavy atom. The molecule has 5 rings (SSSR count). The molecule has 0 aliphatic rings. The lowest BCUT2D eigenvalue weighted by molar-refractivity contribution is -0.382.